The maximum atomic E-state index is 12.6. The smallest absolute Gasteiger partial charge is 0.321 e. The van der Waals surface area contributed by atoms with E-state index < -0.39 is 0 Å². The SMILES string of the molecule is O=C(Nc1ccnc2c1CCC1CN(Cc3ccccc3)CCN21)N1CCCC1. The molecule has 1 unspecified atom stereocenters. The van der Waals surface area contributed by atoms with Crippen molar-refractivity contribution >= 4 is 17.5 Å². The number of carbonyl (C=O) groups is 1. The normalized spacial score (nSPS) is 21.6. The summed E-state index contributed by atoms with van der Waals surface area (Å²) < 4.78 is 0. The number of fused-ring (bicyclic) bond motifs is 3. The fourth-order valence-corrected chi connectivity index (χ4v) is 4.95. The molecule has 0 aliphatic carbocycles. The summed E-state index contributed by atoms with van der Waals surface area (Å²) in [4.78, 5) is 24.2. The number of urea groups is 1. The molecule has 6 heteroatoms. The molecule has 2 fully saturated rings. The van der Waals surface area contributed by atoms with Gasteiger partial charge in [-0.2, -0.15) is 0 Å². The minimum Gasteiger partial charge on any atom is -0.351 e. The first-order valence-electron chi connectivity index (χ1n) is 10.8. The number of pyridine rings is 1. The Labute approximate surface area is 172 Å². The number of nitrogens with zero attached hydrogens (tertiary/aromatic N) is 4. The van der Waals surface area contributed by atoms with Gasteiger partial charge in [-0.3, -0.25) is 4.90 Å². The molecule has 3 aliphatic heterocycles. The molecule has 0 saturated carbocycles. The number of hydrogen-bond donors (Lipinski definition) is 1. The molecule has 2 saturated heterocycles. The summed E-state index contributed by atoms with van der Waals surface area (Å²) in [5.41, 5.74) is 3.52. The van der Waals surface area contributed by atoms with Crippen LogP contribution in [0.25, 0.3) is 0 Å². The maximum absolute atomic E-state index is 12.6. The molecule has 0 bridgehead atoms. The zero-order valence-electron chi connectivity index (χ0n) is 16.9. The number of hydrogen-bond acceptors (Lipinski definition) is 4. The van der Waals surface area contributed by atoms with Crippen LogP contribution in [0.1, 0.15) is 30.4 Å². The van der Waals surface area contributed by atoms with Crippen LogP contribution in [0, 0.1) is 0 Å². The average Bonchev–Trinajstić information content (AvgIpc) is 3.29. The van der Waals surface area contributed by atoms with Crippen LogP contribution >= 0.6 is 0 Å². The number of nitrogens with one attached hydrogen (secondary N) is 1. The molecule has 6 nitrogen and oxygen atoms in total. The third kappa shape index (κ3) is 3.81. The largest absolute Gasteiger partial charge is 0.351 e. The fourth-order valence-electron chi connectivity index (χ4n) is 4.95. The van der Waals surface area contributed by atoms with Crippen LogP contribution in [-0.4, -0.2) is 59.6 Å². The minimum atomic E-state index is 0.0331. The van der Waals surface area contributed by atoms with Crippen molar-refractivity contribution in [2.24, 2.45) is 0 Å². The quantitative estimate of drug-likeness (QED) is 0.872. The standard InChI is InChI=1S/C23H29N5O/c29-23(27-12-4-5-13-27)25-21-10-11-24-22-20(21)9-8-19-17-26(14-15-28(19)22)16-18-6-2-1-3-7-18/h1-3,6-7,10-11,19H,4-5,8-9,12-17H2,(H,24,25,29). The van der Waals surface area contributed by atoms with Crippen LogP contribution in [0.2, 0.25) is 0 Å². The fraction of sp³-hybridized carbons (Fsp3) is 0.478. The second-order valence-electron chi connectivity index (χ2n) is 8.39. The number of rotatable bonds is 3. The van der Waals surface area contributed by atoms with Gasteiger partial charge in [0.05, 0.1) is 5.69 Å². The first-order chi connectivity index (χ1) is 14.3. The lowest BCUT2D eigenvalue weighted by atomic mass is 9.95. The van der Waals surface area contributed by atoms with Crippen LogP contribution < -0.4 is 10.2 Å². The Bertz CT molecular complexity index is 865. The van der Waals surface area contributed by atoms with Gasteiger partial charge in [0.15, 0.2) is 0 Å². The highest BCUT2D eigenvalue weighted by atomic mass is 16.2. The van der Waals surface area contributed by atoms with Crippen molar-refractivity contribution in [1.29, 1.82) is 0 Å². The summed E-state index contributed by atoms with van der Waals surface area (Å²) in [6.07, 6.45) is 6.14. The summed E-state index contributed by atoms with van der Waals surface area (Å²) in [5.74, 6) is 1.07. The number of benzene rings is 1. The second kappa shape index (κ2) is 8.03. The molecule has 152 valence electrons. The highest BCUT2D eigenvalue weighted by molar-refractivity contribution is 5.91. The van der Waals surface area contributed by atoms with Crippen LogP contribution in [0.4, 0.5) is 16.3 Å². The Hall–Kier alpha value is -2.60. The summed E-state index contributed by atoms with van der Waals surface area (Å²) in [6.45, 7) is 5.84. The van der Waals surface area contributed by atoms with Crippen molar-refractivity contribution in [3.63, 3.8) is 0 Å². The highest BCUT2D eigenvalue weighted by Gasteiger charge is 2.34. The minimum absolute atomic E-state index is 0.0331. The summed E-state index contributed by atoms with van der Waals surface area (Å²) in [5, 5.41) is 3.16. The van der Waals surface area contributed by atoms with Crippen molar-refractivity contribution in [2.45, 2.75) is 38.3 Å². The van der Waals surface area contributed by atoms with E-state index in [0.29, 0.717) is 6.04 Å². The Morgan fingerprint density at radius 3 is 2.72 bits per heavy atom. The molecular formula is C23H29N5O. The lowest BCUT2D eigenvalue weighted by Gasteiger charge is -2.45. The van der Waals surface area contributed by atoms with Crippen LogP contribution in [0.3, 0.4) is 0 Å². The number of amides is 2. The van der Waals surface area contributed by atoms with Gasteiger partial charge in [-0.1, -0.05) is 30.3 Å². The molecule has 2 aromatic rings. The van der Waals surface area contributed by atoms with Gasteiger partial charge in [-0.25, -0.2) is 9.78 Å². The molecule has 3 aliphatic rings. The Balaban J connectivity index is 1.29. The number of anilines is 2. The van der Waals surface area contributed by atoms with Gasteiger partial charge >= 0.3 is 6.03 Å². The molecule has 1 aromatic heterocycles. The number of aromatic nitrogens is 1. The molecule has 5 rings (SSSR count). The van der Waals surface area contributed by atoms with Gasteiger partial charge in [0.2, 0.25) is 0 Å². The van der Waals surface area contributed by atoms with Crippen molar-refractivity contribution in [1.82, 2.24) is 14.8 Å². The predicted molar refractivity (Wildman–Crippen MR) is 115 cm³/mol. The van der Waals surface area contributed by atoms with Crippen molar-refractivity contribution in [3.05, 3.63) is 53.7 Å². The molecule has 1 N–H and O–H groups in total. The number of likely N-dealkylation sites (tertiary alicyclic amines) is 1. The molecule has 1 aromatic carbocycles. The first kappa shape index (κ1) is 18.4. The van der Waals surface area contributed by atoms with E-state index in [0.717, 1.165) is 76.5 Å². The van der Waals surface area contributed by atoms with E-state index >= 15 is 0 Å². The van der Waals surface area contributed by atoms with E-state index in [4.69, 9.17) is 4.98 Å². The van der Waals surface area contributed by atoms with Gasteiger partial charge in [0.25, 0.3) is 0 Å². The highest BCUT2D eigenvalue weighted by Crippen LogP contribution is 2.35. The third-order valence-corrected chi connectivity index (χ3v) is 6.48. The van der Waals surface area contributed by atoms with E-state index in [2.05, 4.69) is 45.4 Å². The van der Waals surface area contributed by atoms with Crippen molar-refractivity contribution in [3.8, 4) is 0 Å². The monoisotopic (exact) mass is 391 g/mol. The average molecular weight is 392 g/mol. The molecule has 0 spiro atoms. The molecule has 2 amide bonds. The zero-order valence-corrected chi connectivity index (χ0v) is 16.9. The summed E-state index contributed by atoms with van der Waals surface area (Å²) >= 11 is 0. The lowest BCUT2D eigenvalue weighted by molar-refractivity contribution is 0.206. The first-order valence-corrected chi connectivity index (χ1v) is 10.8. The third-order valence-electron chi connectivity index (χ3n) is 6.48. The molecule has 1 atom stereocenters. The van der Waals surface area contributed by atoms with Crippen LogP contribution in [-0.2, 0) is 13.0 Å². The van der Waals surface area contributed by atoms with E-state index in [1.807, 2.05) is 17.2 Å². The van der Waals surface area contributed by atoms with E-state index in [9.17, 15) is 4.79 Å². The van der Waals surface area contributed by atoms with Crippen LogP contribution in [0.15, 0.2) is 42.6 Å². The Morgan fingerprint density at radius 2 is 1.90 bits per heavy atom. The Kier molecular flexibility index (Phi) is 5.10. The van der Waals surface area contributed by atoms with Gasteiger partial charge < -0.3 is 15.1 Å². The zero-order chi connectivity index (χ0) is 19.6. The number of carbonyl (C=O) groups excluding carboxylic acids is 1. The maximum Gasteiger partial charge on any atom is 0.321 e. The van der Waals surface area contributed by atoms with Gasteiger partial charge in [0, 0.05) is 57.1 Å². The summed E-state index contributed by atoms with van der Waals surface area (Å²) in [6, 6.07) is 13.2. The van der Waals surface area contributed by atoms with Gasteiger partial charge in [-0.15, -0.1) is 0 Å². The van der Waals surface area contributed by atoms with Crippen LogP contribution in [0.5, 0.6) is 0 Å². The lowest BCUT2D eigenvalue weighted by Crippen LogP contribution is -2.55. The molecule has 29 heavy (non-hydrogen) atoms. The van der Waals surface area contributed by atoms with Gasteiger partial charge in [-0.05, 0) is 37.3 Å². The molecule has 0 radical (unpaired) electrons. The van der Waals surface area contributed by atoms with Gasteiger partial charge in [0.1, 0.15) is 5.82 Å². The molecule has 4 heterocycles. The van der Waals surface area contributed by atoms with Crippen molar-refractivity contribution in [2.75, 3.05) is 42.9 Å². The van der Waals surface area contributed by atoms with E-state index in [1.54, 1.807) is 0 Å². The van der Waals surface area contributed by atoms with Crippen molar-refractivity contribution < 1.29 is 4.79 Å². The predicted octanol–water partition coefficient (Wildman–Crippen LogP) is 3.35. The van der Waals surface area contributed by atoms with E-state index in [1.165, 1.54) is 11.1 Å². The summed E-state index contributed by atoms with van der Waals surface area (Å²) in [7, 11) is 0. The topological polar surface area (TPSA) is 51.7 Å². The second-order valence-corrected chi connectivity index (χ2v) is 8.39. The number of piperazine rings is 1. The molecular weight excluding hydrogens is 362 g/mol. The van der Waals surface area contributed by atoms with E-state index in [-0.39, 0.29) is 6.03 Å². The Morgan fingerprint density at radius 1 is 1.07 bits per heavy atom.